The third kappa shape index (κ3) is 1.89. The fourth-order valence-corrected chi connectivity index (χ4v) is 1.48. The number of aromatic hydroxyl groups is 1. The molecule has 0 atom stereocenters. The van der Waals surface area contributed by atoms with Crippen molar-refractivity contribution in [1.29, 1.82) is 0 Å². The van der Waals surface area contributed by atoms with E-state index < -0.39 is 0 Å². The Kier molecular flexibility index (Phi) is 2.51. The molecular formula is C12H10N2O. The number of benzene rings is 1. The molecule has 15 heavy (non-hydrogen) atoms. The molecular weight excluding hydrogens is 188 g/mol. The molecule has 0 spiro atoms. The Labute approximate surface area is 87.8 Å². The lowest BCUT2D eigenvalue weighted by atomic mass is 10.1. The van der Waals surface area contributed by atoms with Crippen LogP contribution in [-0.4, -0.2) is 16.6 Å². The van der Waals surface area contributed by atoms with Crippen LogP contribution in [0.5, 0.6) is 5.75 Å². The number of para-hydroxylation sites is 1. The lowest BCUT2D eigenvalue weighted by molar-refractivity contribution is 0.480. The molecule has 3 nitrogen and oxygen atoms in total. The summed E-state index contributed by atoms with van der Waals surface area (Å²) in [6, 6.07) is 9.13. The molecule has 0 saturated carbocycles. The fourth-order valence-electron chi connectivity index (χ4n) is 1.48. The number of phenolic OH excluding ortho intramolecular Hbond substituents is 1. The van der Waals surface area contributed by atoms with Gasteiger partial charge in [0.1, 0.15) is 11.3 Å². The third-order valence-corrected chi connectivity index (χ3v) is 2.24. The largest absolute Gasteiger partial charge is 0.506 e. The molecule has 0 amide bonds. The third-order valence-electron chi connectivity index (χ3n) is 2.24. The summed E-state index contributed by atoms with van der Waals surface area (Å²) in [4.78, 5) is 7.60. The molecule has 1 N–H and O–H groups in total. The Balaban J connectivity index is 2.46. The van der Waals surface area contributed by atoms with Crippen LogP contribution in [0.15, 0.2) is 30.3 Å². The highest BCUT2D eigenvalue weighted by molar-refractivity contribution is 5.84. The second-order valence-electron chi connectivity index (χ2n) is 3.28. The van der Waals surface area contributed by atoms with Crippen LogP contribution in [-0.2, 0) is 6.42 Å². The van der Waals surface area contributed by atoms with Crippen LogP contribution in [0, 0.1) is 6.57 Å². The predicted molar refractivity (Wildman–Crippen MR) is 58.6 cm³/mol. The van der Waals surface area contributed by atoms with Crippen molar-refractivity contribution < 1.29 is 5.11 Å². The van der Waals surface area contributed by atoms with Crippen molar-refractivity contribution in [3.05, 3.63) is 47.4 Å². The van der Waals surface area contributed by atoms with Gasteiger partial charge in [0.25, 0.3) is 0 Å². The van der Waals surface area contributed by atoms with E-state index in [4.69, 9.17) is 6.57 Å². The second kappa shape index (κ2) is 3.97. The van der Waals surface area contributed by atoms with Gasteiger partial charge in [0.05, 0.1) is 6.42 Å². The van der Waals surface area contributed by atoms with Crippen molar-refractivity contribution in [3.8, 4) is 5.75 Å². The van der Waals surface area contributed by atoms with Crippen LogP contribution in [0.3, 0.4) is 0 Å². The van der Waals surface area contributed by atoms with E-state index in [1.165, 1.54) is 0 Å². The Morgan fingerprint density at radius 3 is 2.93 bits per heavy atom. The highest BCUT2D eigenvalue weighted by Gasteiger charge is 2.02. The normalized spacial score (nSPS) is 10.1. The van der Waals surface area contributed by atoms with Crippen LogP contribution in [0.4, 0.5) is 0 Å². The topological polar surface area (TPSA) is 37.5 Å². The van der Waals surface area contributed by atoms with Gasteiger partial charge in [-0.1, -0.05) is 18.2 Å². The number of nitrogens with zero attached hydrogens (tertiary/aromatic N) is 2. The molecule has 3 heteroatoms. The summed E-state index contributed by atoms with van der Waals surface area (Å²) in [5, 5.41) is 10.5. The number of rotatable bonds is 2. The maximum Gasteiger partial charge on any atom is 0.220 e. The summed E-state index contributed by atoms with van der Waals surface area (Å²) < 4.78 is 0. The molecule has 0 aliphatic carbocycles. The standard InChI is InChI=1S/C12H10N2O/c1-13-8-7-10-6-5-9-3-2-4-11(15)12(9)14-10/h2-6,15H,7-8H2. The quantitative estimate of drug-likeness (QED) is 0.752. The number of phenols is 1. The maximum atomic E-state index is 9.60. The first-order valence-corrected chi connectivity index (χ1v) is 4.72. The van der Waals surface area contributed by atoms with Crippen LogP contribution in [0.1, 0.15) is 5.69 Å². The van der Waals surface area contributed by atoms with Crippen molar-refractivity contribution in [2.45, 2.75) is 6.42 Å². The van der Waals surface area contributed by atoms with E-state index in [9.17, 15) is 5.11 Å². The molecule has 1 aromatic carbocycles. The molecule has 0 saturated heterocycles. The van der Waals surface area contributed by atoms with Gasteiger partial charge in [0.15, 0.2) is 0 Å². The van der Waals surface area contributed by atoms with Gasteiger partial charge in [0.2, 0.25) is 6.54 Å². The van der Waals surface area contributed by atoms with Gasteiger partial charge in [-0.3, -0.25) is 0 Å². The minimum Gasteiger partial charge on any atom is -0.506 e. The highest BCUT2D eigenvalue weighted by Crippen LogP contribution is 2.22. The summed E-state index contributed by atoms with van der Waals surface area (Å²) in [5.74, 6) is 0.192. The lowest BCUT2D eigenvalue weighted by Crippen LogP contribution is -1.92. The Bertz CT molecular complexity index is 529. The zero-order valence-electron chi connectivity index (χ0n) is 8.14. The highest BCUT2D eigenvalue weighted by atomic mass is 16.3. The van der Waals surface area contributed by atoms with Gasteiger partial charge in [0, 0.05) is 11.1 Å². The van der Waals surface area contributed by atoms with Crippen molar-refractivity contribution in [2.24, 2.45) is 0 Å². The Morgan fingerprint density at radius 2 is 2.13 bits per heavy atom. The molecule has 0 unspecified atom stereocenters. The van der Waals surface area contributed by atoms with E-state index >= 15 is 0 Å². The number of hydrogen-bond donors (Lipinski definition) is 1. The van der Waals surface area contributed by atoms with Crippen LogP contribution >= 0.6 is 0 Å². The molecule has 2 rings (SSSR count). The van der Waals surface area contributed by atoms with Crippen LogP contribution in [0.25, 0.3) is 15.7 Å². The van der Waals surface area contributed by atoms with Crippen LogP contribution < -0.4 is 0 Å². The van der Waals surface area contributed by atoms with Gasteiger partial charge >= 0.3 is 0 Å². The zero-order valence-corrected chi connectivity index (χ0v) is 8.14. The Hall–Kier alpha value is -2.08. The number of fused-ring (bicyclic) bond motifs is 1. The van der Waals surface area contributed by atoms with Gasteiger partial charge in [-0.25, -0.2) is 11.6 Å². The molecule has 1 aromatic heterocycles. The molecule has 0 aliphatic heterocycles. The SMILES string of the molecule is [C-]#[N+]CCc1ccc2cccc(O)c2n1. The molecule has 0 radical (unpaired) electrons. The fraction of sp³-hybridized carbons (Fsp3) is 0.167. The first-order valence-electron chi connectivity index (χ1n) is 4.72. The van der Waals surface area contributed by atoms with Gasteiger partial charge in [-0.2, -0.15) is 0 Å². The molecule has 0 bridgehead atoms. The molecule has 2 aromatic rings. The van der Waals surface area contributed by atoms with Crippen LogP contribution in [0.2, 0.25) is 0 Å². The average Bonchev–Trinajstić information content (AvgIpc) is 2.27. The summed E-state index contributed by atoms with van der Waals surface area (Å²) in [5.41, 5.74) is 1.46. The second-order valence-corrected chi connectivity index (χ2v) is 3.28. The van der Waals surface area contributed by atoms with E-state index in [2.05, 4.69) is 9.83 Å². The first kappa shape index (κ1) is 9.47. The monoisotopic (exact) mass is 198 g/mol. The first-order chi connectivity index (χ1) is 7.31. The summed E-state index contributed by atoms with van der Waals surface area (Å²) in [6.07, 6.45) is 0.633. The minimum atomic E-state index is 0.192. The summed E-state index contributed by atoms with van der Waals surface area (Å²) in [7, 11) is 0. The molecule has 0 aliphatic rings. The van der Waals surface area contributed by atoms with Crippen molar-refractivity contribution >= 4 is 10.9 Å². The number of aromatic nitrogens is 1. The average molecular weight is 198 g/mol. The number of hydrogen-bond acceptors (Lipinski definition) is 2. The molecule has 74 valence electrons. The lowest BCUT2D eigenvalue weighted by Gasteiger charge is -2.01. The maximum absolute atomic E-state index is 9.60. The summed E-state index contributed by atoms with van der Waals surface area (Å²) in [6.45, 7) is 7.14. The predicted octanol–water partition coefficient (Wildman–Crippen LogP) is 2.40. The van der Waals surface area contributed by atoms with E-state index in [1.54, 1.807) is 12.1 Å². The van der Waals surface area contributed by atoms with Gasteiger partial charge in [-0.15, -0.1) is 0 Å². The molecule has 0 fully saturated rings. The smallest absolute Gasteiger partial charge is 0.220 e. The van der Waals surface area contributed by atoms with E-state index in [-0.39, 0.29) is 5.75 Å². The molecule has 1 heterocycles. The van der Waals surface area contributed by atoms with Gasteiger partial charge < -0.3 is 9.95 Å². The van der Waals surface area contributed by atoms with E-state index in [1.807, 2.05) is 18.2 Å². The minimum absolute atomic E-state index is 0.192. The van der Waals surface area contributed by atoms with Crippen molar-refractivity contribution in [2.75, 3.05) is 6.54 Å². The Morgan fingerprint density at radius 1 is 1.27 bits per heavy atom. The van der Waals surface area contributed by atoms with E-state index in [0.29, 0.717) is 18.5 Å². The number of pyridine rings is 1. The zero-order chi connectivity index (χ0) is 10.7. The van der Waals surface area contributed by atoms with E-state index in [0.717, 1.165) is 11.1 Å². The van der Waals surface area contributed by atoms with Gasteiger partial charge in [-0.05, 0) is 12.1 Å². The summed E-state index contributed by atoms with van der Waals surface area (Å²) >= 11 is 0. The van der Waals surface area contributed by atoms with Crippen molar-refractivity contribution in [1.82, 2.24) is 4.98 Å². The van der Waals surface area contributed by atoms with Crippen molar-refractivity contribution in [3.63, 3.8) is 0 Å².